The third-order valence-corrected chi connectivity index (χ3v) is 7.45. The Bertz CT molecular complexity index is 1110. The quantitative estimate of drug-likeness (QED) is 0.408. The van der Waals surface area contributed by atoms with Gasteiger partial charge in [-0.3, -0.25) is 19.3 Å². The molecule has 0 unspecified atom stereocenters. The summed E-state index contributed by atoms with van der Waals surface area (Å²) in [5.41, 5.74) is 3.34. The Labute approximate surface area is 186 Å². The van der Waals surface area contributed by atoms with Crippen molar-refractivity contribution in [3.8, 4) is 0 Å². The van der Waals surface area contributed by atoms with Crippen LogP contribution in [0.15, 0.2) is 42.5 Å². The Morgan fingerprint density at radius 2 is 1.47 bits per heavy atom. The van der Waals surface area contributed by atoms with E-state index in [1.165, 1.54) is 17.0 Å². The van der Waals surface area contributed by atoms with Crippen LogP contribution in [0, 0.1) is 37.5 Å². The Hall–Kier alpha value is -3.28. The molecule has 2 amide bonds. The van der Waals surface area contributed by atoms with Crippen molar-refractivity contribution in [3.05, 3.63) is 64.7 Å². The summed E-state index contributed by atoms with van der Waals surface area (Å²) in [7, 11) is 0. The maximum absolute atomic E-state index is 12.9. The van der Waals surface area contributed by atoms with Crippen LogP contribution in [0.2, 0.25) is 0 Å². The highest BCUT2D eigenvalue weighted by atomic mass is 16.5. The van der Waals surface area contributed by atoms with Crippen LogP contribution < -0.4 is 4.90 Å². The SMILES string of the molecule is Cc1ccc(C(=O)COC(=O)c2ccc(N3C(=O)[C@@H]4[C@@H]5CC[C@H](C5)[C@@H]4C3=O)cc2)cc1C. The maximum Gasteiger partial charge on any atom is 0.338 e. The van der Waals surface area contributed by atoms with E-state index in [9.17, 15) is 19.2 Å². The Morgan fingerprint density at radius 3 is 2.06 bits per heavy atom. The number of carbonyl (C=O) groups is 4. The van der Waals surface area contributed by atoms with Gasteiger partial charge in [0, 0.05) is 5.56 Å². The molecule has 2 aromatic carbocycles. The molecule has 4 atom stereocenters. The third kappa shape index (κ3) is 3.25. The second-order valence-electron chi connectivity index (χ2n) is 9.24. The van der Waals surface area contributed by atoms with Crippen molar-refractivity contribution in [2.75, 3.05) is 11.5 Å². The topological polar surface area (TPSA) is 80.8 Å². The molecule has 6 heteroatoms. The predicted molar refractivity (Wildman–Crippen MR) is 117 cm³/mol. The normalized spacial score (nSPS) is 25.9. The zero-order valence-corrected chi connectivity index (χ0v) is 18.2. The first-order chi connectivity index (χ1) is 15.3. The molecule has 2 aromatic rings. The Kier molecular flexibility index (Phi) is 4.96. The van der Waals surface area contributed by atoms with Gasteiger partial charge in [-0.2, -0.15) is 0 Å². The van der Waals surface area contributed by atoms with Gasteiger partial charge in [-0.15, -0.1) is 0 Å². The highest BCUT2D eigenvalue weighted by molar-refractivity contribution is 6.22. The van der Waals surface area contributed by atoms with E-state index in [1.807, 2.05) is 19.9 Å². The van der Waals surface area contributed by atoms with Crippen molar-refractivity contribution in [2.45, 2.75) is 33.1 Å². The highest BCUT2D eigenvalue weighted by Gasteiger charge is 2.61. The van der Waals surface area contributed by atoms with Crippen LogP contribution in [0.1, 0.15) is 51.1 Å². The number of ketones is 1. The summed E-state index contributed by atoms with van der Waals surface area (Å²) in [4.78, 5) is 51.9. The first-order valence-electron chi connectivity index (χ1n) is 11.1. The number of Topliss-reactive ketones (excluding diaryl/α,β-unsaturated/α-hetero) is 1. The monoisotopic (exact) mass is 431 g/mol. The zero-order valence-electron chi connectivity index (χ0n) is 18.2. The molecule has 3 fully saturated rings. The minimum atomic E-state index is -0.622. The molecular formula is C26H25NO5. The van der Waals surface area contributed by atoms with Gasteiger partial charge in [0.25, 0.3) is 0 Å². The summed E-state index contributed by atoms with van der Waals surface area (Å²) in [6, 6.07) is 11.6. The second-order valence-corrected chi connectivity index (χ2v) is 9.24. The molecule has 1 heterocycles. The molecule has 2 saturated carbocycles. The molecule has 0 aromatic heterocycles. The first kappa shape index (κ1) is 20.6. The lowest BCUT2D eigenvalue weighted by molar-refractivity contribution is -0.123. The van der Waals surface area contributed by atoms with Gasteiger partial charge in [0.2, 0.25) is 11.8 Å². The molecular weight excluding hydrogens is 406 g/mol. The number of benzene rings is 2. The van der Waals surface area contributed by atoms with Crippen LogP contribution >= 0.6 is 0 Å². The molecule has 2 bridgehead atoms. The van der Waals surface area contributed by atoms with E-state index in [4.69, 9.17) is 4.74 Å². The Morgan fingerprint density at radius 1 is 0.875 bits per heavy atom. The minimum Gasteiger partial charge on any atom is -0.454 e. The molecule has 1 saturated heterocycles. The molecule has 1 aliphatic heterocycles. The summed E-state index contributed by atoms with van der Waals surface area (Å²) >= 11 is 0. The van der Waals surface area contributed by atoms with Crippen LogP contribution in [-0.2, 0) is 14.3 Å². The van der Waals surface area contributed by atoms with Gasteiger partial charge in [-0.05, 0) is 86.4 Å². The summed E-state index contributed by atoms with van der Waals surface area (Å²) in [5.74, 6) is -0.811. The number of aryl methyl sites for hydroxylation is 2. The number of esters is 1. The molecule has 2 aliphatic carbocycles. The van der Waals surface area contributed by atoms with Gasteiger partial charge in [-0.25, -0.2) is 4.79 Å². The zero-order chi connectivity index (χ0) is 22.6. The lowest BCUT2D eigenvalue weighted by Gasteiger charge is -2.19. The number of hydrogen-bond donors (Lipinski definition) is 0. The van der Waals surface area contributed by atoms with Crippen molar-refractivity contribution in [2.24, 2.45) is 23.7 Å². The van der Waals surface area contributed by atoms with Crippen molar-refractivity contribution >= 4 is 29.3 Å². The van der Waals surface area contributed by atoms with Crippen LogP contribution in [0.3, 0.4) is 0 Å². The Balaban J connectivity index is 1.24. The molecule has 5 rings (SSSR count). The molecule has 32 heavy (non-hydrogen) atoms. The van der Waals surface area contributed by atoms with E-state index in [1.54, 1.807) is 24.3 Å². The number of carbonyl (C=O) groups excluding carboxylic acids is 4. The van der Waals surface area contributed by atoms with Gasteiger partial charge < -0.3 is 4.74 Å². The minimum absolute atomic E-state index is 0.110. The fourth-order valence-corrected chi connectivity index (χ4v) is 5.62. The van der Waals surface area contributed by atoms with Gasteiger partial charge in [0.05, 0.1) is 23.1 Å². The van der Waals surface area contributed by atoms with E-state index < -0.39 is 5.97 Å². The number of anilines is 1. The third-order valence-electron chi connectivity index (χ3n) is 7.45. The number of rotatable bonds is 5. The van der Waals surface area contributed by atoms with Crippen LogP contribution in [-0.4, -0.2) is 30.2 Å². The lowest BCUT2D eigenvalue weighted by atomic mass is 9.81. The molecule has 0 spiro atoms. The molecule has 164 valence electrons. The number of hydrogen-bond acceptors (Lipinski definition) is 5. The second kappa shape index (κ2) is 7.69. The van der Waals surface area contributed by atoms with Crippen molar-refractivity contribution in [1.29, 1.82) is 0 Å². The van der Waals surface area contributed by atoms with E-state index in [0.29, 0.717) is 23.1 Å². The average molecular weight is 431 g/mol. The largest absolute Gasteiger partial charge is 0.454 e. The number of fused-ring (bicyclic) bond motifs is 5. The number of imide groups is 1. The molecule has 0 radical (unpaired) electrons. The summed E-state index contributed by atoms with van der Waals surface area (Å²) in [6.45, 7) is 3.54. The standard InChI is InChI=1S/C26H25NO5/c1-14-3-4-17(11-15(14)2)21(28)13-32-26(31)16-7-9-20(10-8-16)27-24(29)22-18-5-6-19(12-18)23(22)25(27)30/h3-4,7-11,18-19,22-23H,5-6,12-13H2,1-2H3/t18-,19-,22-,23+/m1/s1. The average Bonchev–Trinajstić information content (AvgIpc) is 3.47. The molecule has 3 aliphatic rings. The van der Waals surface area contributed by atoms with E-state index in [0.717, 1.165) is 30.4 Å². The van der Waals surface area contributed by atoms with E-state index in [2.05, 4.69) is 0 Å². The number of nitrogens with zero attached hydrogens (tertiary/aromatic N) is 1. The molecule has 6 nitrogen and oxygen atoms in total. The highest BCUT2D eigenvalue weighted by Crippen LogP contribution is 2.56. The summed E-state index contributed by atoms with van der Waals surface area (Å²) in [6.07, 6.45) is 3.06. The fraction of sp³-hybridized carbons (Fsp3) is 0.385. The summed E-state index contributed by atoms with van der Waals surface area (Å²) in [5, 5.41) is 0. The van der Waals surface area contributed by atoms with Gasteiger partial charge in [0.15, 0.2) is 12.4 Å². The fourth-order valence-electron chi connectivity index (χ4n) is 5.62. The van der Waals surface area contributed by atoms with Crippen LogP contribution in [0.5, 0.6) is 0 Å². The van der Waals surface area contributed by atoms with Crippen LogP contribution in [0.25, 0.3) is 0 Å². The molecule has 0 N–H and O–H groups in total. The van der Waals surface area contributed by atoms with Gasteiger partial charge in [-0.1, -0.05) is 12.1 Å². The smallest absolute Gasteiger partial charge is 0.338 e. The number of ether oxygens (including phenoxy) is 1. The summed E-state index contributed by atoms with van der Waals surface area (Å²) < 4.78 is 5.18. The van der Waals surface area contributed by atoms with Crippen LogP contribution in [0.4, 0.5) is 5.69 Å². The van der Waals surface area contributed by atoms with Crippen molar-refractivity contribution in [3.63, 3.8) is 0 Å². The lowest BCUT2D eigenvalue weighted by Crippen LogP contribution is -2.32. The first-order valence-corrected chi connectivity index (χ1v) is 11.1. The maximum atomic E-state index is 12.9. The predicted octanol–water partition coefficient (Wildman–Crippen LogP) is 3.88. The van der Waals surface area contributed by atoms with Gasteiger partial charge in [0.1, 0.15) is 0 Å². The van der Waals surface area contributed by atoms with Crippen molar-refractivity contribution in [1.82, 2.24) is 0 Å². The van der Waals surface area contributed by atoms with Crippen molar-refractivity contribution < 1.29 is 23.9 Å². The van der Waals surface area contributed by atoms with E-state index in [-0.39, 0.29) is 41.6 Å². The van der Waals surface area contributed by atoms with Gasteiger partial charge >= 0.3 is 5.97 Å². The number of amides is 2. The van der Waals surface area contributed by atoms with E-state index >= 15 is 0 Å².